The molecular weight excluding hydrogens is 262 g/mol. The smallest absolute Gasteiger partial charge is 0.132 e. The number of nitrogens with one attached hydrogen (secondary N) is 1. The van der Waals surface area contributed by atoms with Crippen LogP contribution in [0.4, 0.5) is 0 Å². The van der Waals surface area contributed by atoms with Gasteiger partial charge in [0.2, 0.25) is 0 Å². The lowest BCUT2D eigenvalue weighted by molar-refractivity contribution is 0.197. The van der Waals surface area contributed by atoms with Gasteiger partial charge in [-0.1, -0.05) is 6.92 Å². The van der Waals surface area contributed by atoms with Gasteiger partial charge in [-0.15, -0.1) is 0 Å². The first-order chi connectivity index (χ1) is 10.2. The van der Waals surface area contributed by atoms with Crippen molar-refractivity contribution in [2.24, 2.45) is 11.8 Å². The molecule has 3 unspecified atom stereocenters. The molecule has 116 valence electrons. The molecule has 2 aliphatic carbocycles. The Bertz CT molecular complexity index is 503. The van der Waals surface area contributed by atoms with Crippen LogP contribution >= 0.6 is 0 Å². The van der Waals surface area contributed by atoms with Crippen molar-refractivity contribution in [2.45, 2.75) is 45.4 Å². The second kappa shape index (κ2) is 6.41. The van der Waals surface area contributed by atoms with Crippen LogP contribution in [0.1, 0.15) is 48.5 Å². The van der Waals surface area contributed by atoms with E-state index >= 15 is 0 Å². The fraction of sp³-hybridized carbons (Fsp3) is 0.765. The summed E-state index contributed by atoms with van der Waals surface area (Å²) in [6.45, 7) is 7.26. The highest BCUT2D eigenvalue weighted by atomic mass is 16.5. The van der Waals surface area contributed by atoms with Crippen molar-refractivity contribution in [2.75, 3.05) is 26.8 Å². The Balaban J connectivity index is 1.63. The number of hydrogen-bond acceptors (Lipinski definition) is 4. The fourth-order valence-electron chi connectivity index (χ4n) is 3.39. The molecule has 0 amide bonds. The molecule has 0 radical (unpaired) electrons. The van der Waals surface area contributed by atoms with E-state index in [1.165, 1.54) is 29.8 Å². The minimum Gasteiger partial charge on any atom is -0.383 e. The van der Waals surface area contributed by atoms with Crippen LogP contribution in [-0.4, -0.2) is 36.8 Å². The van der Waals surface area contributed by atoms with Crippen LogP contribution in [0.15, 0.2) is 0 Å². The van der Waals surface area contributed by atoms with E-state index in [1.807, 2.05) is 0 Å². The van der Waals surface area contributed by atoms with Crippen molar-refractivity contribution in [1.29, 1.82) is 0 Å². The lowest BCUT2D eigenvalue weighted by Gasteiger charge is -2.25. The molecule has 1 fully saturated rings. The molecule has 4 heteroatoms. The van der Waals surface area contributed by atoms with Crippen molar-refractivity contribution in [3.05, 3.63) is 22.8 Å². The second-order valence-electron chi connectivity index (χ2n) is 6.72. The van der Waals surface area contributed by atoms with Crippen LogP contribution in [0.5, 0.6) is 0 Å². The van der Waals surface area contributed by atoms with Gasteiger partial charge < -0.3 is 10.1 Å². The number of aryl methyl sites for hydroxylation is 2. The number of nitrogens with zero attached hydrogens (tertiary/aromatic N) is 2. The molecular formula is C17H27N3O. The van der Waals surface area contributed by atoms with E-state index in [4.69, 9.17) is 14.7 Å². The summed E-state index contributed by atoms with van der Waals surface area (Å²) < 4.78 is 5.07. The Kier molecular flexibility index (Phi) is 4.55. The van der Waals surface area contributed by atoms with Crippen molar-refractivity contribution in [3.8, 4) is 0 Å². The van der Waals surface area contributed by atoms with E-state index < -0.39 is 0 Å². The molecule has 1 heterocycles. The Morgan fingerprint density at radius 3 is 2.86 bits per heavy atom. The third-order valence-electron chi connectivity index (χ3n) is 4.96. The summed E-state index contributed by atoms with van der Waals surface area (Å²) in [5, 5.41) is 3.49. The summed E-state index contributed by atoms with van der Waals surface area (Å²) in [5.41, 5.74) is 3.96. The summed E-state index contributed by atoms with van der Waals surface area (Å²) in [7, 11) is 1.75. The second-order valence-corrected chi connectivity index (χ2v) is 6.72. The highest BCUT2D eigenvalue weighted by molar-refractivity contribution is 5.30. The topological polar surface area (TPSA) is 47.0 Å². The number of aromatic nitrogens is 2. The van der Waals surface area contributed by atoms with Crippen LogP contribution in [0.2, 0.25) is 0 Å². The van der Waals surface area contributed by atoms with Gasteiger partial charge in [-0.2, -0.15) is 0 Å². The first-order valence-electron chi connectivity index (χ1n) is 8.25. The number of rotatable bonds is 6. The SMILES string of the molecule is COCCNCC1CCc2nc(C3CC3C)nc(C)c2C1. The molecule has 1 saturated carbocycles. The zero-order chi connectivity index (χ0) is 14.8. The average molecular weight is 289 g/mol. The summed E-state index contributed by atoms with van der Waals surface area (Å²) in [5.74, 6) is 3.23. The normalized spacial score (nSPS) is 27.5. The van der Waals surface area contributed by atoms with Gasteiger partial charge >= 0.3 is 0 Å². The molecule has 0 saturated heterocycles. The Morgan fingerprint density at radius 1 is 1.33 bits per heavy atom. The zero-order valence-electron chi connectivity index (χ0n) is 13.5. The summed E-state index contributed by atoms with van der Waals surface area (Å²) in [4.78, 5) is 9.67. The van der Waals surface area contributed by atoms with Gasteiger partial charge in [-0.3, -0.25) is 0 Å². The maximum absolute atomic E-state index is 5.07. The van der Waals surface area contributed by atoms with Crippen LogP contribution in [0.3, 0.4) is 0 Å². The fourth-order valence-corrected chi connectivity index (χ4v) is 3.39. The Hall–Kier alpha value is -1.00. The summed E-state index contributed by atoms with van der Waals surface area (Å²) in [6, 6.07) is 0. The van der Waals surface area contributed by atoms with Crippen molar-refractivity contribution in [3.63, 3.8) is 0 Å². The minimum atomic E-state index is 0.627. The van der Waals surface area contributed by atoms with Gasteiger partial charge in [0.15, 0.2) is 0 Å². The van der Waals surface area contributed by atoms with Gasteiger partial charge in [0.1, 0.15) is 5.82 Å². The first-order valence-corrected chi connectivity index (χ1v) is 8.25. The number of hydrogen-bond donors (Lipinski definition) is 1. The monoisotopic (exact) mass is 289 g/mol. The van der Waals surface area contributed by atoms with E-state index in [1.54, 1.807) is 7.11 Å². The maximum atomic E-state index is 5.07. The van der Waals surface area contributed by atoms with Gasteiger partial charge in [0.05, 0.1) is 6.61 Å². The number of methoxy groups -OCH3 is 1. The molecule has 1 aromatic heterocycles. The molecule has 21 heavy (non-hydrogen) atoms. The molecule has 3 atom stereocenters. The van der Waals surface area contributed by atoms with Crippen LogP contribution < -0.4 is 5.32 Å². The molecule has 0 spiro atoms. The molecule has 4 nitrogen and oxygen atoms in total. The highest BCUT2D eigenvalue weighted by Crippen LogP contribution is 2.45. The molecule has 2 aliphatic rings. The van der Waals surface area contributed by atoms with Gasteiger partial charge in [0, 0.05) is 31.0 Å². The summed E-state index contributed by atoms with van der Waals surface area (Å²) in [6.07, 6.45) is 4.75. The van der Waals surface area contributed by atoms with Gasteiger partial charge in [-0.05, 0) is 56.6 Å². The van der Waals surface area contributed by atoms with E-state index in [-0.39, 0.29) is 0 Å². The summed E-state index contributed by atoms with van der Waals surface area (Å²) >= 11 is 0. The predicted molar refractivity (Wildman–Crippen MR) is 83.6 cm³/mol. The standard InChI is InChI=1S/C17H27N3O/c1-11-8-14(11)17-19-12(2)15-9-13(4-5-16(15)20-17)10-18-6-7-21-3/h11,13-14,18H,4-10H2,1-3H3. The van der Waals surface area contributed by atoms with Crippen molar-refractivity contribution >= 4 is 0 Å². The molecule has 3 rings (SSSR count). The quantitative estimate of drug-likeness (QED) is 0.816. The van der Waals surface area contributed by atoms with E-state index in [9.17, 15) is 0 Å². The predicted octanol–water partition coefficient (Wildman–Crippen LogP) is 2.25. The molecule has 0 aliphatic heterocycles. The van der Waals surface area contributed by atoms with Crippen molar-refractivity contribution in [1.82, 2.24) is 15.3 Å². The highest BCUT2D eigenvalue weighted by Gasteiger charge is 2.37. The minimum absolute atomic E-state index is 0.627. The number of ether oxygens (including phenoxy) is 1. The Morgan fingerprint density at radius 2 is 2.14 bits per heavy atom. The van der Waals surface area contributed by atoms with E-state index in [0.29, 0.717) is 11.8 Å². The van der Waals surface area contributed by atoms with E-state index in [2.05, 4.69) is 19.2 Å². The van der Waals surface area contributed by atoms with Gasteiger partial charge in [-0.25, -0.2) is 9.97 Å². The molecule has 0 aromatic carbocycles. The van der Waals surface area contributed by atoms with Gasteiger partial charge in [0.25, 0.3) is 0 Å². The average Bonchev–Trinajstić information content (AvgIpc) is 3.21. The largest absolute Gasteiger partial charge is 0.383 e. The van der Waals surface area contributed by atoms with E-state index in [0.717, 1.165) is 44.3 Å². The van der Waals surface area contributed by atoms with Crippen LogP contribution in [0.25, 0.3) is 0 Å². The van der Waals surface area contributed by atoms with Crippen molar-refractivity contribution < 1.29 is 4.74 Å². The molecule has 0 bridgehead atoms. The Labute approximate surface area is 127 Å². The van der Waals surface area contributed by atoms with Crippen LogP contribution in [0, 0.1) is 18.8 Å². The first kappa shape index (κ1) is 14.9. The third-order valence-corrected chi connectivity index (χ3v) is 4.96. The molecule has 1 N–H and O–H groups in total. The lowest BCUT2D eigenvalue weighted by atomic mass is 9.85. The third kappa shape index (κ3) is 3.43. The maximum Gasteiger partial charge on any atom is 0.132 e. The number of fused-ring (bicyclic) bond motifs is 1. The zero-order valence-corrected chi connectivity index (χ0v) is 13.5. The molecule has 1 aromatic rings. The van der Waals surface area contributed by atoms with Crippen LogP contribution in [-0.2, 0) is 17.6 Å². The lowest BCUT2D eigenvalue weighted by Crippen LogP contribution is -2.30.